The van der Waals surface area contributed by atoms with E-state index in [0.29, 0.717) is 11.6 Å². The third kappa shape index (κ3) is 3.49. The Morgan fingerprint density at radius 3 is 2.77 bits per heavy atom. The van der Waals surface area contributed by atoms with Crippen molar-refractivity contribution in [2.75, 3.05) is 6.61 Å². The second-order valence-corrected chi connectivity index (χ2v) is 4.60. The van der Waals surface area contributed by atoms with Crippen molar-refractivity contribution in [3.63, 3.8) is 0 Å². The lowest BCUT2D eigenvalue weighted by atomic mass is 10.3. The molecule has 0 radical (unpaired) electrons. The van der Waals surface area contributed by atoms with Gasteiger partial charge in [0.25, 0.3) is 11.7 Å². The molecule has 6 nitrogen and oxygen atoms in total. The molecule has 3 rings (SSSR count). The van der Waals surface area contributed by atoms with Gasteiger partial charge in [-0.3, -0.25) is 4.79 Å². The number of amides is 1. The van der Waals surface area contributed by atoms with Gasteiger partial charge >= 0.3 is 0 Å². The molecule has 0 bridgehead atoms. The Morgan fingerprint density at radius 2 is 1.95 bits per heavy atom. The Labute approximate surface area is 126 Å². The standard InChI is InChI=1S/C16H14N4O2/c21-16(11-22-12-6-2-1-3-7-12)20-17-10-15-18-13-8-4-5-9-14(13)19-15/h1-10H,11H2,(H,18,19)(H,20,21)/p+1. The molecule has 0 fully saturated rings. The molecule has 3 aromatic rings. The quantitative estimate of drug-likeness (QED) is 0.552. The predicted molar refractivity (Wildman–Crippen MR) is 82.5 cm³/mol. The van der Waals surface area contributed by atoms with Crippen LogP contribution in [0.15, 0.2) is 59.7 Å². The summed E-state index contributed by atoms with van der Waals surface area (Å²) in [5.74, 6) is 1.02. The summed E-state index contributed by atoms with van der Waals surface area (Å²) in [5.41, 5.74) is 4.36. The van der Waals surface area contributed by atoms with Crippen LogP contribution >= 0.6 is 0 Å². The van der Waals surface area contributed by atoms with Gasteiger partial charge in [0.1, 0.15) is 12.0 Å². The number of aromatic nitrogens is 2. The molecule has 0 saturated carbocycles. The number of ether oxygens (including phenoxy) is 1. The van der Waals surface area contributed by atoms with Crippen molar-refractivity contribution in [2.45, 2.75) is 0 Å². The highest BCUT2D eigenvalue weighted by atomic mass is 16.5. The molecule has 22 heavy (non-hydrogen) atoms. The average Bonchev–Trinajstić information content (AvgIpc) is 2.96. The highest BCUT2D eigenvalue weighted by Gasteiger charge is 2.06. The minimum absolute atomic E-state index is 0.0855. The summed E-state index contributed by atoms with van der Waals surface area (Å²) in [6, 6.07) is 16.9. The maximum atomic E-state index is 11.6. The fourth-order valence-electron chi connectivity index (χ4n) is 1.95. The zero-order valence-electron chi connectivity index (χ0n) is 11.7. The van der Waals surface area contributed by atoms with Crippen LogP contribution in [-0.4, -0.2) is 23.7 Å². The van der Waals surface area contributed by atoms with E-state index in [2.05, 4.69) is 20.5 Å². The zero-order valence-corrected chi connectivity index (χ0v) is 11.7. The number of benzene rings is 2. The zero-order chi connectivity index (χ0) is 15.2. The van der Waals surface area contributed by atoms with Crippen molar-refractivity contribution in [3.05, 3.63) is 60.4 Å². The molecule has 0 saturated heterocycles. The van der Waals surface area contributed by atoms with Gasteiger partial charge in [-0.2, -0.15) is 5.10 Å². The number of hydrazone groups is 1. The van der Waals surface area contributed by atoms with Gasteiger partial charge in [-0.25, -0.2) is 15.4 Å². The van der Waals surface area contributed by atoms with Crippen LogP contribution in [-0.2, 0) is 4.79 Å². The van der Waals surface area contributed by atoms with Crippen molar-refractivity contribution in [1.82, 2.24) is 10.4 Å². The first-order valence-corrected chi connectivity index (χ1v) is 6.81. The number of nitrogens with zero attached hydrogens (tertiary/aromatic N) is 1. The third-order valence-electron chi connectivity index (χ3n) is 2.96. The molecule has 1 amide bonds. The van der Waals surface area contributed by atoms with Gasteiger partial charge in [0.15, 0.2) is 17.6 Å². The molecule has 0 aliphatic carbocycles. The molecule has 1 heterocycles. The molecule has 6 heteroatoms. The first kappa shape index (κ1) is 13.8. The summed E-state index contributed by atoms with van der Waals surface area (Å²) in [5, 5.41) is 3.88. The largest absolute Gasteiger partial charge is 0.484 e. The second-order valence-electron chi connectivity index (χ2n) is 4.60. The van der Waals surface area contributed by atoms with Gasteiger partial charge < -0.3 is 4.74 Å². The maximum absolute atomic E-state index is 11.6. The van der Waals surface area contributed by atoms with Crippen molar-refractivity contribution in [3.8, 4) is 5.75 Å². The first-order chi connectivity index (χ1) is 10.8. The normalized spacial score (nSPS) is 10.9. The van der Waals surface area contributed by atoms with Gasteiger partial charge in [-0.1, -0.05) is 30.3 Å². The summed E-state index contributed by atoms with van der Waals surface area (Å²) in [6.45, 7) is -0.0855. The van der Waals surface area contributed by atoms with E-state index in [1.807, 2.05) is 42.5 Å². The van der Waals surface area contributed by atoms with Crippen LogP contribution in [0.1, 0.15) is 5.82 Å². The number of aromatic amines is 2. The lowest BCUT2D eigenvalue weighted by Gasteiger charge is -2.03. The molecule has 0 aliphatic rings. The molecule has 110 valence electrons. The van der Waals surface area contributed by atoms with Crippen LogP contribution in [0.25, 0.3) is 11.0 Å². The molecule has 0 atom stereocenters. The first-order valence-electron chi connectivity index (χ1n) is 6.81. The number of fused-ring (bicyclic) bond motifs is 1. The van der Waals surface area contributed by atoms with E-state index in [4.69, 9.17) is 4.74 Å². The van der Waals surface area contributed by atoms with E-state index >= 15 is 0 Å². The highest BCUT2D eigenvalue weighted by Crippen LogP contribution is 2.07. The van der Waals surface area contributed by atoms with Gasteiger partial charge in [-0.05, 0) is 24.3 Å². The highest BCUT2D eigenvalue weighted by molar-refractivity contribution is 5.82. The average molecular weight is 295 g/mol. The van der Waals surface area contributed by atoms with E-state index in [0.717, 1.165) is 11.0 Å². The molecule has 3 N–H and O–H groups in total. The van der Waals surface area contributed by atoms with Crippen molar-refractivity contribution in [2.24, 2.45) is 5.10 Å². The Morgan fingerprint density at radius 1 is 1.18 bits per heavy atom. The smallest absolute Gasteiger partial charge is 0.298 e. The van der Waals surface area contributed by atoms with E-state index in [9.17, 15) is 4.79 Å². The van der Waals surface area contributed by atoms with Gasteiger partial charge in [-0.15, -0.1) is 0 Å². The minimum atomic E-state index is -0.323. The lowest BCUT2D eigenvalue weighted by molar-refractivity contribution is -0.346. The number of carbonyl (C=O) groups excluding carboxylic acids is 1. The molecule has 0 spiro atoms. The van der Waals surface area contributed by atoms with Gasteiger partial charge in [0.2, 0.25) is 0 Å². The van der Waals surface area contributed by atoms with Crippen LogP contribution in [0.4, 0.5) is 0 Å². The topological polar surface area (TPSA) is 80.6 Å². The number of imidazole rings is 1. The summed E-state index contributed by atoms with van der Waals surface area (Å²) in [6.07, 6.45) is 1.51. The summed E-state index contributed by atoms with van der Waals surface area (Å²) in [7, 11) is 0. The Kier molecular flexibility index (Phi) is 4.10. The molecular formula is C16H15N4O2+. The van der Waals surface area contributed by atoms with Crippen molar-refractivity contribution in [1.29, 1.82) is 0 Å². The fraction of sp³-hybridized carbons (Fsp3) is 0.0625. The monoisotopic (exact) mass is 295 g/mol. The predicted octanol–water partition coefficient (Wildman–Crippen LogP) is 1.51. The van der Waals surface area contributed by atoms with E-state index in [1.54, 1.807) is 12.1 Å². The molecule has 1 aromatic heterocycles. The van der Waals surface area contributed by atoms with Crippen LogP contribution in [0, 0.1) is 0 Å². The number of rotatable bonds is 5. The Hall–Kier alpha value is -3.15. The van der Waals surface area contributed by atoms with Gasteiger partial charge in [0, 0.05) is 0 Å². The molecular weight excluding hydrogens is 280 g/mol. The number of hydrogen-bond acceptors (Lipinski definition) is 3. The summed E-state index contributed by atoms with van der Waals surface area (Å²) >= 11 is 0. The Balaban J connectivity index is 1.52. The lowest BCUT2D eigenvalue weighted by Crippen LogP contribution is -2.25. The second kappa shape index (κ2) is 6.53. The van der Waals surface area contributed by atoms with Crippen LogP contribution < -0.4 is 15.1 Å². The van der Waals surface area contributed by atoms with Crippen LogP contribution in [0.2, 0.25) is 0 Å². The summed E-state index contributed by atoms with van der Waals surface area (Å²) < 4.78 is 5.32. The SMILES string of the molecule is O=C(COc1ccccc1)NN=Cc1[nH]c2ccccc2[nH+]1. The third-order valence-corrected chi connectivity index (χ3v) is 2.96. The number of H-pyrrole nitrogens is 2. The number of para-hydroxylation sites is 3. The molecule has 2 aromatic carbocycles. The van der Waals surface area contributed by atoms with Crippen LogP contribution in [0.3, 0.4) is 0 Å². The molecule has 0 unspecified atom stereocenters. The van der Waals surface area contributed by atoms with Crippen LogP contribution in [0.5, 0.6) is 5.75 Å². The maximum Gasteiger partial charge on any atom is 0.298 e. The number of carbonyl (C=O) groups is 1. The van der Waals surface area contributed by atoms with E-state index in [-0.39, 0.29) is 12.5 Å². The van der Waals surface area contributed by atoms with Crippen molar-refractivity contribution < 1.29 is 14.5 Å². The minimum Gasteiger partial charge on any atom is -0.484 e. The van der Waals surface area contributed by atoms with E-state index < -0.39 is 0 Å². The van der Waals surface area contributed by atoms with E-state index in [1.165, 1.54) is 6.21 Å². The van der Waals surface area contributed by atoms with Gasteiger partial charge in [0.05, 0.1) is 0 Å². The molecule has 0 aliphatic heterocycles. The number of hydrogen-bond donors (Lipinski definition) is 2. The summed E-state index contributed by atoms with van der Waals surface area (Å²) in [4.78, 5) is 17.9. The van der Waals surface area contributed by atoms with Crippen molar-refractivity contribution >= 4 is 23.2 Å². The Bertz CT molecular complexity index is 763. The fourth-order valence-corrected chi connectivity index (χ4v) is 1.95. The number of nitrogens with one attached hydrogen (secondary N) is 3.